The molecule has 8 nitrogen and oxygen atoms in total. The van der Waals surface area contributed by atoms with Gasteiger partial charge in [0, 0.05) is 43.3 Å². The Bertz CT molecular complexity index is 819. The van der Waals surface area contributed by atoms with E-state index >= 15 is 0 Å². The molecule has 144 valence electrons. The van der Waals surface area contributed by atoms with Gasteiger partial charge in [0.2, 0.25) is 5.95 Å². The first-order valence-corrected chi connectivity index (χ1v) is 9.87. The Labute approximate surface area is 160 Å². The van der Waals surface area contributed by atoms with Crippen molar-refractivity contribution in [3.05, 3.63) is 28.8 Å². The van der Waals surface area contributed by atoms with Crippen LogP contribution >= 0.6 is 11.3 Å². The molecule has 4 heterocycles. The number of rotatable bonds is 5. The number of carbonyl (C=O) groups excluding carboxylic acids is 1. The largest absolute Gasteiger partial charge is 0.381 e. The maximum atomic E-state index is 12.6. The molecule has 0 saturated carbocycles. The summed E-state index contributed by atoms with van der Waals surface area (Å²) >= 11 is 1.56. The molecule has 0 radical (unpaired) electrons. The van der Waals surface area contributed by atoms with Crippen molar-refractivity contribution in [2.45, 2.75) is 31.6 Å². The molecule has 2 aromatic rings. The molecule has 9 heteroatoms. The van der Waals surface area contributed by atoms with Crippen LogP contribution in [0.2, 0.25) is 0 Å². The van der Waals surface area contributed by atoms with Gasteiger partial charge in [0.05, 0.1) is 22.7 Å². The van der Waals surface area contributed by atoms with Crippen LogP contribution in [-0.4, -0.2) is 69.6 Å². The van der Waals surface area contributed by atoms with E-state index in [1.807, 2.05) is 12.1 Å². The second kappa shape index (κ2) is 7.89. The van der Waals surface area contributed by atoms with E-state index in [-0.39, 0.29) is 12.5 Å². The molecule has 0 atom stereocenters. The standard InChI is InChI=1S/C18H22N4O4S/c23-16(24)10-22-6-2-14-12(17(22)25)9-15(27-14)13-1-5-19-18(21-13)20-11-3-7-26-8-4-11/h1,5,9,11,16,23-24H,2-4,6-8,10H2,(H,19,20,21). The maximum Gasteiger partial charge on any atom is 0.255 e. The monoisotopic (exact) mass is 390 g/mol. The molecule has 0 bridgehead atoms. The van der Waals surface area contributed by atoms with Gasteiger partial charge in [-0.2, -0.15) is 0 Å². The van der Waals surface area contributed by atoms with Crippen LogP contribution in [0.4, 0.5) is 5.95 Å². The zero-order valence-corrected chi connectivity index (χ0v) is 15.6. The second-order valence-electron chi connectivity index (χ2n) is 6.73. The van der Waals surface area contributed by atoms with E-state index in [1.165, 1.54) is 4.90 Å². The summed E-state index contributed by atoms with van der Waals surface area (Å²) in [4.78, 5) is 24.9. The van der Waals surface area contributed by atoms with Gasteiger partial charge in [0.1, 0.15) is 0 Å². The number of thiophene rings is 1. The molecule has 4 rings (SSSR count). The topological polar surface area (TPSA) is 108 Å². The Kier molecular flexibility index (Phi) is 5.35. The summed E-state index contributed by atoms with van der Waals surface area (Å²) in [5, 5.41) is 21.7. The highest BCUT2D eigenvalue weighted by molar-refractivity contribution is 7.15. The maximum absolute atomic E-state index is 12.6. The molecule has 27 heavy (non-hydrogen) atoms. The quantitative estimate of drug-likeness (QED) is 0.656. The number of anilines is 1. The first kappa shape index (κ1) is 18.3. The average molecular weight is 390 g/mol. The van der Waals surface area contributed by atoms with Gasteiger partial charge in [-0.25, -0.2) is 9.97 Å². The van der Waals surface area contributed by atoms with Crippen LogP contribution in [0, 0.1) is 0 Å². The Morgan fingerprint density at radius 2 is 2.19 bits per heavy atom. The van der Waals surface area contributed by atoms with Gasteiger partial charge >= 0.3 is 0 Å². The highest BCUT2D eigenvalue weighted by Gasteiger charge is 2.28. The highest BCUT2D eigenvalue weighted by Crippen LogP contribution is 2.34. The molecule has 2 aromatic heterocycles. The third-order valence-corrected chi connectivity index (χ3v) is 6.00. The molecule has 0 aromatic carbocycles. The number of nitrogens with zero attached hydrogens (tertiary/aromatic N) is 3. The lowest BCUT2D eigenvalue weighted by Gasteiger charge is -2.27. The minimum atomic E-state index is -1.52. The Morgan fingerprint density at radius 3 is 2.96 bits per heavy atom. The second-order valence-corrected chi connectivity index (χ2v) is 7.86. The molecule has 1 fully saturated rings. The van der Waals surface area contributed by atoms with E-state index in [9.17, 15) is 4.79 Å². The minimum Gasteiger partial charge on any atom is -0.381 e. The predicted octanol–water partition coefficient (Wildman–Crippen LogP) is 1.10. The lowest BCUT2D eigenvalue weighted by atomic mass is 10.1. The van der Waals surface area contributed by atoms with Crippen molar-refractivity contribution in [2.24, 2.45) is 0 Å². The van der Waals surface area contributed by atoms with Gasteiger partial charge in [0.25, 0.3) is 5.91 Å². The minimum absolute atomic E-state index is 0.0733. The number of carbonyl (C=O) groups is 1. The average Bonchev–Trinajstić information content (AvgIpc) is 3.10. The van der Waals surface area contributed by atoms with Crippen molar-refractivity contribution in [1.29, 1.82) is 0 Å². The fourth-order valence-electron chi connectivity index (χ4n) is 3.39. The lowest BCUT2D eigenvalue weighted by molar-refractivity contribution is -0.0569. The van der Waals surface area contributed by atoms with Crippen molar-refractivity contribution in [3.63, 3.8) is 0 Å². The number of hydrogen-bond acceptors (Lipinski definition) is 8. The number of fused-ring (bicyclic) bond motifs is 1. The number of aromatic nitrogens is 2. The van der Waals surface area contributed by atoms with Gasteiger partial charge in [-0.15, -0.1) is 11.3 Å². The van der Waals surface area contributed by atoms with Gasteiger partial charge in [0.15, 0.2) is 6.29 Å². The molecule has 0 unspecified atom stereocenters. The molecular weight excluding hydrogens is 368 g/mol. The number of nitrogens with one attached hydrogen (secondary N) is 1. The van der Waals surface area contributed by atoms with E-state index in [2.05, 4.69) is 15.3 Å². The van der Waals surface area contributed by atoms with Crippen LogP contribution in [0.15, 0.2) is 18.3 Å². The number of aliphatic hydroxyl groups is 2. The summed E-state index contributed by atoms with van der Waals surface area (Å²) in [5.41, 5.74) is 1.40. The molecule has 3 N–H and O–H groups in total. The lowest BCUT2D eigenvalue weighted by Crippen LogP contribution is -2.41. The van der Waals surface area contributed by atoms with Crippen LogP contribution in [0.25, 0.3) is 10.6 Å². The van der Waals surface area contributed by atoms with Crippen LogP contribution in [0.1, 0.15) is 28.1 Å². The number of amides is 1. The van der Waals surface area contributed by atoms with E-state index < -0.39 is 6.29 Å². The van der Waals surface area contributed by atoms with Gasteiger partial charge in [-0.05, 0) is 25.0 Å². The van der Waals surface area contributed by atoms with E-state index in [0.717, 1.165) is 41.5 Å². The summed E-state index contributed by atoms with van der Waals surface area (Å²) in [6, 6.07) is 4.00. The fourth-order valence-corrected chi connectivity index (χ4v) is 4.50. The number of β-amino-alcohol motifs (C(OH)–C–C–N with tert-alkyl or cyclic N) is 2. The molecule has 1 saturated heterocycles. The van der Waals surface area contributed by atoms with Crippen LogP contribution < -0.4 is 5.32 Å². The van der Waals surface area contributed by atoms with Crippen molar-refractivity contribution >= 4 is 23.2 Å². The van der Waals surface area contributed by atoms with Crippen molar-refractivity contribution in [2.75, 3.05) is 31.6 Å². The zero-order valence-electron chi connectivity index (χ0n) is 14.8. The fraction of sp³-hybridized carbons (Fsp3) is 0.500. The Hall–Kier alpha value is -2.07. The summed E-state index contributed by atoms with van der Waals surface area (Å²) in [6.45, 7) is 1.91. The molecule has 2 aliphatic rings. The van der Waals surface area contributed by atoms with Crippen molar-refractivity contribution < 1.29 is 19.7 Å². The smallest absolute Gasteiger partial charge is 0.255 e. The van der Waals surface area contributed by atoms with Gasteiger partial charge < -0.3 is 25.2 Å². The van der Waals surface area contributed by atoms with Gasteiger partial charge in [-0.1, -0.05) is 0 Å². The molecule has 0 aliphatic carbocycles. The zero-order chi connectivity index (χ0) is 18.8. The molecule has 1 amide bonds. The predicted molar refractivity (Wildman–Crippen MR) is 101 cm³/mol. The van der Waals surface area contributed by atoms with Crippen LogP contribution in [0.5, 0.6) is 0 Å². The molecule has 0 spiro atoms. The normalized spacial score (nSPS) is 18.0. The number of aliphatic hydroxyl groups excluding tert-OH is 1. The summed E-state index contributed by atoms with van der Waals surface area (Å²) in [5.74, 6) is 0.420. The molecular formula is C18H22N4O4S. The van der Waals surface area contributed by atoms with E-state index in [4.69, 9.17) is 14.9 Å². The number of ether oxygens (including phenoxy) is 1. The first-order valence-electron chi connectivity index (χ1n) is 9.06. The van der Waals surface area contributed by atoms with E-state index in [1.54, 1.807) is 17.5 Å². The highest BCUT2D eigenvalue weighted by atomic mass is 32.1. The summed E-state index contributed by atoms with van der Waals surface area (Å²) < 4.78 is 5.37. The van der Waals surface area contributed by atoms with Crippen molar-refractivity contribution in [3.8, 4) is 10.6 Å². The third kappa shape index (κ3) is 4.11. The van der Waals surface area contributed by atoms with Crippen LogP contribution in [-0.2, 0) is 11.2 Å². The van der Waals surface area contributed by atoms with Crippen molar-refractivity contribution in [1.82, 2.24) is 14.9 Å². The molecule has 2 aliphatic heterocycles. The van der Waals surface area contributed by atoms with Gasteiger partial charge in [-0.3, -0.25) is 4.79 Å². The Balaban J connectivity index is 1.53. The SMILES string of the molecule is O=C1c2cc(-c3ccnc(NC4CCOCC4)n3)sc2CCN1CC(O)O. The summed E-state index contributed by atoms with van der Waals surface area (Å²) in [6.07, 6.45) is 2.77. The summed E-state index contributed by atoms with van der Waals surface area (Å²) in [7, 11) is 0. The van der Waals surface area contributed by atoms with Crippen LogP contribution in [0.3, 0.4) is 0 Å². The Morgan fingerprint density at radius 1 is 1.37 bits per heavy atom. The van der Waals surface area contributed by atoms with E-state index in [0.29, 0.717) is 30.5 Å². The first-order chi connectivity index (χ1) is 13.1. The number of hydrogen-bond donors (Lipinski definition) is 3. The third-order valence-electron chi connectivity index (χ3n) is 4.78.